The number of ketones is 1. The molecule has 0 bridgehead atoms. The van der Waals surface area contributed by atoms with Crippen LogP contribution in [0.15, 0.2) is 36.9 Å². The molecule has 1 fully saturated rings. The molecule has 1 N–H and O–H groups in total. The number of hydrogen-bond acceptors (Lipinski definition) is 2. The topological polar surface area (TPSA) is 37.3 Å². The van der Waals surface area contributed by atoms with Crippen LogP contribution in [0.3, 0.4) is 0 Å². The Balaban J connectivity index is 2.16. The Kier molecular flexibility index (Phi) is 3.97. The number of carbonyl (C=O) groups excluding carboxylic acids is 1. The summed E-state index contributed by atoms with van der Waals surface area (Å²) < 4.78 is 0. The van der Waals surface area contributed by atoms with Gasteiger partial charge in [-0.2, -0.15) is 0 Å². The third kappa shape index (κ3) is 2.70. The van der Waals surface area contributed by atoms with E-state index >= 15 is 0 Å². The van der Waals surface area contributed by atoms with Crippen molar-refractivity contribution in [1.82, 2.24) is 0 Å². The van der Waals surface area contributed by atoms with Crippen LogP contribution in [0.2, 0.25) is 0 Å². The van der Waals surface area contributed by atoms with E-state index in [2.05, 4.69) is 6.58 Å². The second kappa shape index (κ2) is 5.49. The van der Waals surface area contributed by atoms with Crippen molar-refractivity contribution in [1.29, 1.82) is 0 Å². The van der Waals surface area contributed by atoms with E-state index in [1.807, 2.05) is 24.3 Å². The van der Waals surface area contributed by atoms with Gasteiger partial charge in [-0.15, -0.1) is 6.58 Å². The lowest BCUT2D eigenvalue weighted by molar-refractivity contribution is -0.000646. The number of carbonyl (C=O) groups is 1. The second-order valence-electron chi connectivity index (χ2n) is 5.09. The molecule has 1 aromatic rings. The highest BCUT2D eigenvalue weighted by molar-refractivity contribution is 5.96. The molecule has 1 aliphatic carbocycles. The first-order valence-electron chi connectivity index (χ1n) is 6.63. The standard InChI is InChI=1S/C16H20O2/c1-2-6-15(17)13-7-9-14(10-8-13)16(18)11-4-3-5-12-16/h2,7-10,18H,1,3-6,11-12H2. The lowest BCUT2D eigenvalue weighted by Gasteiger charge is -2.32. The van der Waals surface area contributed by atoms with E-state index < -0.39 is 5.60 Å². The van der Waals surface area contributed by atoms with Crippen molar-refractivity contribution in [2.24, 2.45) is 0 Å². The van der Waals surface area contributed by atoms with Crippen molar-refractivity contribution in [2.75, 3.05) is 0 Å². The van der Waals surface area contributed by atoms with Crippen LogP contribution in [0.25, 0.3) is 0 Å². The van der Waals surface area contributed by atoms with Gasteiger partial charge in [0.1, 0.15) is 0 Å². The first-order chi connectivity index (χ1) is 8.65. The summed E-state index contributed by atoms with van der Waals surface area (Å²) in [6.07, 6.45) is 6.99. The minimum atomic E-state index is -0.682. The SMILES string of the molecule is C=CCC(=O)c1ccc(C2(O)CCCCC2)cc1. The normalized spacial score (nSPS) is 18.3. The zero-order valence-electron chi connectivity index (χ0n) is 10.7. The molecule has 0 radical (unpaired) electrons. The van der Waals surface area contributed by atoms with E-state index in [-0.39, 0.29) is 5.78 Å². The number of rotatable bonds is 4. The van der Waals surface area contributed by atoms with Crippen LogP contribution in [-0.2, 0) is 5.60 Å². The average molecular weight is 244 g/mol. The molecule has 2 nitrogen and oxygen atoms in total. The van der Waals surface area contributed by atoms with Crippen molar-refractivity contribution >= 4 is 5.78 Å². The zero-order valence-corrected chi connectivity index (χ0v) is 10.7. The summed E-state index contributed by atoms with van der Waals surface area (Å²) in [7, 11) is 0. The molecule has 0 spiro atoms. The summed E-state index contributed by atoms with van der Waals surface area (Å²) in [4.78, 5) is 11.7. The molecule has 2 heteroatoms. The van der Waals surface area contributed by atoms with Crippen molar-refractivity contribution in [2.45, 2.75) is 44.1 Å². The van der Waals surface area contributed by atoms with Crippen LogP contribution in [0.4, 0.5) is 0 Å². The van der Waals surface area contributed by atoms with E-state index in [0.717, 1.165) is 31.2 Å². The fourth-order valence-electron chi connectivity index (χ4n) is 2.64. The van der Waals surface area contributed by atoms with Crippen LogP contribution in [0.5, 0.6) is 0 Å². The largest absolute Gasteiger partial charge is 0.385 e. The first-order valence-corrected chi connectivity index (χ1v) is 6.63. The lowest BCUT2D eigenvalue weighted by Crippen LogP contribution is -2.28. The molecule has 96 valence electrons. The number of aliphatic hydroxyl groups is 1. The van der Waals surface area contributed by atoms with Crippen molar-refractivity contribution in [3.8, 4) is 0 Å². The Morgan fingerprint density at radius 1 is 1.22 bits per heavy atom. The van der Waals surface area contributed by atoms with Gasteiger partial charge in [-0.25, -0.2) is 0 Å². The highest BCUT2D eigenvalue weighted by Gasteiger charge is 2.30. The van der Waals surface area contributed by atoms with Gasteiger partial charge in [0.05, 0.1) is 5.60 Å². The van der Waals surface area contributed by atoms with Gasteiger partial charge in [0, 0.05) is 12.0 Å². The smallest absolute Gasteiger partial charge is 0.166 e. The molecule has 18 heavy (non-hydrogen) atoms. The fourth-order valence-corrected chi connectivity index (χ4v) is 2.64. The molecule has 0 aromatic heterocycles. The minimum Gasteiger partial charge on any atom is -0.385 e. The molecule has 0 unspecified atom stereocenters. The molecule has 0 atom stereocenters. The summed E-state index contributed by atoms with van der Waals surface area (Å²) in [6.45, 7) is 3.57. The summed E-state index contributed by atoms with van der Waals surface area (Å²) in [5.41, 5.74) is 0.952. The molecular formula is C16H20O2. The molecule has 1 saturated carbocycles. The molecule has 1 aromatic carbocycles. The summed E-state index contributed by atoms with van der Waals surface area (Å²) in [5, 5.41) is 10.6. The van der Waals surface area contributed by atoms with Gasteiger partial charge in [-0.3, -0.25) is 4.79 Å². The Hall–Kier alpha value is -1.41. The first kappa shape index (κ1) is 13.0. The maximum absolute atomic E-state index is 11.7. The fraction of sp³-hybridized carbons (Fsp3) is 0.438. The molecular weight excluding hydrogens is 224 g/mol. The van der Waals surface area contributed by atoms with Crippen LogP contribution >= 0.6 is 0 Å². The van der Waals surface area contributed by atoms with Gasteiger partial charge < -0.3 is 5.11 Å². The Bertz CT molecular complexity index is 425. The van der Waals surface area contributed by atoms with Crippen LogP contribution in [0.1, 0.15) is 54.4 Å². The van der Waals surface area contributed by atoms with Crippen molar-refractivity contribution in [3.05, 3.63) is 48.0 Å². The predicted molar refractivity (Wildman–Crippen MR) is 72.6 cm³/mol. The Morgan fingerprint density at radius 2 is 1.83 bits per heavy atom. The van der Waals surface area contributed by atoms with Crippen molar-refractivity contribution in [3.63, 3.8) is 0 Å². The number of allylic oxidation sites excluding steroid dienone is 1. The van der Waals surface area contributed by atoms with E-state index in [0.29, 0.717) is 12.0 Å². The minimum absolute atomic E-state index is 0.0761. The summed E-state index contributed by atoms with van der Waals surface area (Å²) >= 11 is 0. The Labute approximate surface area is 108 Å². The van der Waals surface area contributed by atoms with Crippen molar-refractivity contribution < 1.29 is 9.90 Å². The van der Waals surface area contributed by atoms with E-state index in [1.54, 1.807) is 6.08 Å². The van der Waals surface area contributed by atoms with Gasteiger partial charge in [-0.05, 0) is 18.4 Å². The molecule has 0 aliphatic heterocycles. The summed E-state index contributed by atoms with van der Waals surface area (Å²) in [5.74, 6) is 0.0761. The van der Waals surface area contributed by atoms with Gasteiger partial charge in [0.25, 0.3) is 0 Å². The van der Waals surface area contributed by atoms with Crippen LogP contribution in [-0.4, -0.2) is 10.9 Å². The number of Topliss-reactive ketones (excluding diaryl/α,β-unsaturated/α-hetero) is 1. The highest BCUT2D eigenvalue weighted by Crippen LogP contribution is 2.36. The lowest BCUT2D eigenvalue weighted by atomic mass is 9.79. The predicted octanol–water partition coefficient (Wildman–Crippen LogP) is 3.60. The molecule has 0 saturated heterocycles. The third-order valence-electron chi connectivity index (χ3n) is 3.75. The van der Waals surface area contributed by atoms with Crippen LogP contribution < -0.4 is 0 Å². The van der Waals surface area contributed by atoms with E-state index in [1.165, 1.54) is 6.42 Å². The van der Waals surface area contributed by atoms with Gasteiger partial charge in [0.2, 0.25) is 0 Å². The van der Waals surface area contributed by atoms with E-state index in [4.69, 9.17) is 0 Å². The van der Waals surface area contributed by atoms with Gasteiger partial charge in [0.15, 0.2) is 5.78 Å². The van der Waals surface area contributed by atoms with Gasteiger partial charge in [-0.1, -0.05) is 49.6 Å². The monoisotopic (exact) mass is 244 g/mol. The highest BCUT2D eigenvalue weighted by atomic mass is 16.3. The van der Waals surface area contributed by atoms with Crippen LogP contribution in [0, 0.1) is 0 Å². The molecule has 2 rings (SSSR count). The maximum atomic E-state index is 11.7. The Morgan fingerprint density at radius 3 is 2.39 bits per heavy atom. The molecule has 0 amide bonds. The van der Waals surface area contributed by atoms with E-state index in [9.17, 15) is 9.90 Å². The zero-order chi connectivity index (χ0) is 13.0. The number of hydrogen-bond donors (Lipinski definition) is 1. The number of benzene rings is 1. The summed E-state index contributed by atoms with van der Waals surface area (Å²) in [6, 6.07) is 7.41. The molecule has 0 heterocycles. The molecule has 1 aliphatic rings. The van der Waals surface area contributed by atoms with Gasteiger partial charge >= 0.3 is 0 Å². The third-order valence-corrected chi connectivity index (χ3v) is 3.75. The average Bonchev–Trinajstić information content (AvgIpc) is 2.40. The maximum Gasteiger partial charge on any atom is 0.166 e. The quantitative estimate of drug-likeness (QED) is 0.649. The second-order valence-corrected chi connectivity index (χ2v) is 5.09.